The molecule has 0 radical (unpaired) electrons. The molecule has 0 amide bonds. The summed E-state index contributed by atoms with van der Waals surface area (Å²) in [5, 5.41) is 0. The van der Waals surface area contributed by atoms with Crippen LogP contribution in [0.3, 0.4) is 0 Å². The molecule has 5 heteroatoms. The molecule has 1 heterocycles. The fourth-order valence-corrected chi connectivity index (χ4v) is 1.24. The van der Waals surface area contributed by atoms with E-state index in [9.17, 15) is 4.79 Å². The number of carbonyl (C=O) groups excluding carboxylic acids is 1. The first-order valence-electron chi connectivity index (χ1n) is 4.87. The fraction of sp³-hybridized carbons (Fsp3) is 0.455. The molecule has 0 spiro atoms. The van der Waals surface area contributed by atoms with Gasteiger partial charge in [-0.25, -0.2) is 4.79 Å². The number of carbonyl (C=O) groups is 1. The van der Waals surface area contributed by atoms with Gasteiger partial charge >= 0.3 is 5.97 Å². The third-order valence-electron chi connectivity index (χ3n) is 2.57. The largest absolute Gasteiger partial charge is 0.465 e. The SMILES string of the molecule is COC(=O)c1ccc(C(C)(CN)OC)nc1. The summed E-state index contributed by atoms with van der Waals surface area (Å²) < 4.78 is 9.88. The van der Waals surface area contributed by atoms with Crippen molar-refractivity contribution in [2.75, 3.05) is 20.8 Å². The van der Waals surface area contributed by atoms with Gasteiger partial charge < -0.3 is 15.2 Å². The first-order valence-corrected chi connectivity index (χ1v) is 4.87. The van der Waals surface area contributed by atoms with Crippen molar-refractivity contribution in [2.45, 2.75) is 12.5 Å². The van der Waals surface area contributed by atoms with Crippen molar-refractivity contribution < 1.29 is 14.3 Å². The molecule has 1 atom stereocenters. The van der Waals surface area contributed by atoms with Crippen LogP contribution in [0, 0.1) is 0 Å². The minimum atomic E-state index is -0.630. The number of rotatable bonds is 4. The van der Waals surface area contributed by atoms with Gasteiger partial charge in [-0.2, -0.15) is 0 Å². The van der Waals surface area contributed by atoms with Gasteiger partial charge in [0.15, 0.2) is 0 Å². The lowest BCUT2D eigenvalue weighted by molar-refractivity contribution is 0.00634. The molecule has 1 aromatic rings. The summed E-state index contributed by atoms with van der Waals surface area (Å²) in [6.07, 6.45) is 1.45. The summed E-state index contributed by atoms with van der Waals surface area (Å²) in [5.41, 5.74) is 6.08. The molecule has 16 heavy (non-hydrogen) atoms. The van der Waals surface area contributed by atoms with Gasteiger partial charge in [-0.3, -0.25) is 4.98 Å². The highest BCUT2D eigenvalue weighted by Crippen LogP contribution is 2.21. The highest BCUT2D eigenvalue weighted by molar-refractivity contribution is 5.88. The minimum Gasteiger partial charge on any atom is -0.465 e. The van der Waals surface area contributed by atoms with E-state index >= 15 is 0 Å². The van der Waals surface area contributed by atoms with E-state index in [2.05, 4.69) is 9.72 Å². The van der Waals surface area contributed by atoms with Crippen LogP contribution >= 0.6 is 0 Å². The number of nitrogens with two attached hydrogens (primary N) is 1. The predicted octanol–water partition coefficient (Wildman–Crippen LogP) is 0.688. The number of aromatic nitrogens is 1. The number of methoxy groups -OCH3 is 2. The number of pyridine rings is 1. The molecule has 1 rings (SSSR count). The number of nitrogens with zero attached hydrogens (tertiary/aromatic N) is 1. The van der Waals surface area contributed by atoms with Crippen LogP contribution in [0.4, 0.5) is 0 Å². The molecule has 0 bridgehead atoms. The zero-order chi connectivity index (χ0) is 12.2. The van der Waals surface area contributed by atoms with Crippen LogP contribution in [0.1, 0.15) is 23.0 Å². The van der Waals surface area contributed by atoms with Crippen molar-refractivity contribution in [1.82, 2.24) is 4.98 Å². The van der Waals surface area contributed by atoms with Crippen LogP contribution in [0.25, 0.3) is 0 Å². The van der Waals surface area contributed by atoms with E-state index in [1.165, 1.54) is 13.3 Å². The second-order valence-corrected chi connectivity index (χ2v) is 3.56. The summed E-state index contributed by atoms with van der Waals surface area (Å²) in [7, 11) is 2.90. The maximum absolute atomic E-state index is 11.2. The number of hydrogen-bond acceptors (Lipinski definition) is 5. The Morgan fingerprint density at radius 3 is 2.56 bits per heavy atom. The average Bonchev–Trinajstić information content (AvgIpc) is 2.37. The normalized spacial score (nSPS) is 14.2. The Labute approximate surface area is 94.6 Å². The monoisotopic (exact) mass is 224 g/mol. The quantitative estimate of drug-likeness (QED) is 0.761. The predicted molar refractivity (Wildman–Crippen MR) is 59.0 cm³/mol. The third-order valence-corrected chi connectivity index (χ3v) is 2.57. The lowest BCUT2D eigenvalue weighted by Crippen LogP contribution is -2.34. The topological polar surface area (TPSA) is 74.4 Å². The molecule has 0 aromatic carbocycles. The molecule has 0 aliphatic carbocycles. The molecule has 2 N–H and O–H groups in total. The second-order valence-electron chi connectivity index (χ2n) is 3.56. The molecule has 88 valence electrons. The van der Waals surface area contributed by atoms with Crippen LogP contribution in [-0.4, -0.2) is 31.7 Å². The highest BCUT2D eigenvalue weighted by atomic mass is 16.5. The molecular weight excluding hydrogens is 208 g/mol. The Balaban J connectivity index is 2.98. The van der Waals surface area contributed by atoms with Gasteiger partial charge in [0.1, 0.15) is 5.60 Å². The van der Waals surface area contributed by atoms with Crippen molar-refractivity contribution in [2.24, 2.45) is 5.73 Å². The summed E-state index contributed by atoms with van der Waals surface area (Å²) in [6, 6.07) is 3.35. The summed E-state index contributed by atoms with van der Waals surface area (Å²) in [6.45, 7) is 2.15. The summed E-state index contributed by atoms with van der Waals surface area (Å²) in [4.78, 5) is 15.4. The van der Waals surface area contributed by atoms with Gasteiger partial charge in [0.2, 0.25) is 0 Å². The van der Waals surface area contributed by atoms with Crippen LogP contribution in [0.2, 0.25) is 0 Å². The van der Waals surface area contributed by atoms with E-state index < -0.39 is 11.6 Å². The smallest absolute Gasteiger partial charge is 0.339 e. The highest BCUT2D eigenvalue weighted by Gasteiger charge is 2.26. The number of esters is 1. The average molecular weight is 224 g/mol. The van der Waals surface area contributed by atoms with Gasteiger partial charge in [-0.15, -0.1) is 0 Å². The molecular formula is C11H16N2O3. The van der Waals surface area contributed by atoms with Crippen LogP contribution in [-0.2, 0) is 15.1 Å². The number of hydrogen-bond donors (Lipinski definition) is 1. The van der Waals surface area contributed by atoms with Gasteiger partial charge in [0, 0.05) is 19.9 Å². The molecule has 0 aliphatic rings. The van der Waals surface area contributed by atoms with Gasteiger partial charge in [-0.1, -0.05) is 0 Å². The van der Waals surface area contributed by atoms with Crippen molar-refractivity contribution in [3.63, 3.8) is 0 Å². The molecule has 5 nitrogen and oxygen atoms in total. The van der Waals surface area contributed by atoms with Gasteiger partial charge in [0.05, 0.1) is 18.4 Å². The van der Waals surface area contributed by atoms with Crippen molar-refractivity contribution in [3.05, 3.63) is 29.6 Å². The fourth-order valence-electron chi connectivity index (χ4n) is 1.24. The molecule has 1 unspecified atom stereocenters. The number of ether oxygens (including phenoxy) is 2. The molecule has 1 aromatic heterocycles. The van der Waals surface area contributed by atoms with Crippen LogP contribution in [0.15, 0.2) is 18.3 Å². The third kappa shape index (κ3) is 2.37. The van der Waals surface area contributed by atoms with E-state index in [4.69, 9.17) is 10.5 Å². The molecule has 0 aliphatic heterocycles. The molecule has 0 saturated heterocycles. The first-order chi connectivity index (χ1) is 7.57. The first kappa shape index (κ1) is 12.6. The minimum absolute atomic E-state index is 0.314. The molecule has 0 saturated carbocycles. The Morgan fingerprint density at radius 1 is 1.50 bits per heavy atom. The van der Waals surface area contributed by atoms with Crippen molar-refractivity contribution in [1.29, 1.82) is 0 Å². The van der Waals surface area contributed by atoms with Gasteiger partial charge in [-0.05, 0) is 19.1 Å². The summed E-state index contributed by atoms with van der Waals surface area (Å²) in [5.74, 6) is -0.411. The van der Waals surface area contributed by atoms with Crippen molar-refractivity contribution >= 4 is 5.97 Å². The lowest BCUT2D eigenvalue weighted by atomic mass is 10.0. The maximum atomic E-state index is 11.2. The Hall–Kier alpha value is -1.46. The summed E-state index contributed by atoms with van der Waals surface area (Å²) >= 11 is 0. The molecule has 0 fully saturated rings. The van der Waals surface area contributed by atoms with Gasteiger partial charge in [0.25, 0.3) is 0 Å². The Morgan fingerprint density at radius 2 is 2.19 bits per heavy atom. The zero-order valence-electron chi connectivity index (χ0n) is 9.69. The van der Waals surface area contributed by atoms with Crippen molar-refractivity contribution in [3.8, 4) is 0 Å². The lowest BCUT2D eigenvalue weighted by Gasteiger charge is -2.25. The second kappa shape index (κ2) is 5.05. The van der Waals surface area contributed by atoms with E-state index in [1.807, 2.05) is 6.92 Å². The van der Waals surface area contributed by atoms with Crippen LogP contribution < -0.4 is 5.73 Å². The van der Waals surface area contributed by atoms with E-state index in [1.54, 1.807) is 19.2 Å². The van der Waals surface area contributed by atoms with E-state index in [-0.39, 0.29) is 0 Å². The van der Waals surface area contributed by atoms with E-state index in [0.717, 1.165) is 0 Å². The van der Waals surface area contributed by atoms with Crippen LogP contribution in [0.5, 0.6) is 0 Å². The van der Waals surface area contributed by atoms with E-state index in [0.29, 0.717) is 17.8 Å². The standard InChI is InChI=1S/C11H16N2O3/c1-11(7-12,16-3)9-5-4-8(6-13-9)10(14)15-2/h4-6H,7,12H2,1-3H3. The zero-order valence-corrected chi connectivity index (χ0v) is 9.69. The Bertz CT molecular complexity index is 358. The Kier molecular flexibility index (Phi) is 3.98. The maximum Gasteiger partial charge on any atom is 0.339 e.